The van der Waals surface area contributed by atoms with Crippen LogP contribution in [0.1, 0.15) is 27.0 Å². The number of allylic oxidation sites excluding steroid dienone is 1. The van der Waals surface area contributed by atoms with Crippen LogP contribution in [-0.2, 0) is 6.61 Å². The van der Waals surface area contributed by atoms with Crippen LogP contribution in [-0.4, -0.2) is 5.97 Å². The van der Waals surface area contributed by atoms with Gasteiger partial charge >= 0.3 is 0 Å². The van der Waals surface area contributed by atoms with Gasteiger partial charge in [0, 0.05) is 5.56 Å². The minimum Gasteiger partial charge on any atom is -0.545 e. The molecular weight excluding hydrogens is 393 g/mol. The number of halogens is 2. The van der Waals surface area contributed by atoms with Crippen molar-refractivity contribution >= 4 is 29.2 Å². The Balaban J connectivity index is 1.78. The van der Waals surface area contributed by atoms with Gasteiger partial charge in [-0.3, -0.25) is 0 Å². The molecule has 0 atom stereocenters. The van der Waals surface area contributed by atoms with Crippen molar-refractivity contribution in [2.24, 2.45) is 0 Å². The van der Waals surface area contributed by atoms with Crippen LogP contribution in [0.15, 0.2) is 66.7 Å². The van der Waals surface area contributed by atoms with Crippen LogP contribution >= 0.6 is 11.6 Å². The van der Waals surface area contributed by atoms with Gasteiger partial charge < -0.3 is 14.6 Å². The van der Waals surface area contributed by atoms with Gasteiger partial charge in [0.25, 0.3) is 0 Å². The molecule has 6 heteroatoms. The van der Waals surface area contributed by atoms with Crippen LogP contribution in [0.3, 0.4) is 0 Å². The van der Waals surface area contributed by atoms with E-state index in [0.717, 1.165) is 0 Å². The van der Waals surface area contributed by atoms with Crippen LogP contribution in [0.5, 0.6) is 5.75 Å². The van der Waals surface area contributed by atoms with Crippen LogP contribution < -0.4 is 9.84 Å². The Morgan fingerprint density at radius 2 is 1.93 bits per heavy atom. The summed E-state index contributed by atoms with van der Waals surface area (Å²) < 4.78 is 19.6. The number of hydrogen-bond donors (Lipinski definition) is 0. The van der Waals surface area contributed by atoms with Crippen LogP contribution in [0.25, 0.3) is 11.6 Å². The number of carbonyl (C=O) groups is 1. The van der Waals surface area contributed by atoms with Gasteiger partial charge in [0.1, 0.15) is 18.2 Å². The van der Waals surface area contributed by atoms with Crippen LogP contribution in [0.2, 0.25) is 5.02 Å². The van der Waals surface area contributed by atoms with Crippen LogP contribution in [0.4, 0.5) is 4.39 Å². The van der Waals surface area contributed by atoms with Gasteiger partial charge in [0.2, 0.25) is 0 Å². The Morgan fingerprint density at radius 3 is 2.62 bits per heavy atom. The number of nitrogens with zero attached hydrogens (tertiary/aromatic N) is 1. The molecule has 0 radical (unpaired) electrons. The molecule has 0 saturated carbocycles. The summed E-state index contributed by atoms with van der Waals surface area (Å²) in [6, 6.07) is 19.2. The van der Waals surface area contributed by atoms with E-state index in [1.54, 1.807) is 42.5 Å². The summed E-state index contributed by atoms with van der Waals surface area (Å²) in [5.41, 5.74) is 1.71. The van der Waals surface area contributed by atoms with E-state index in [4.69, 9.17) is 16.3 Å². The minimum absolute atomic E-state index is 0.0647. The highest BCUT2D eigenvalue weighted by atomic mass is 35.5. The van der Waals surface area contributed by atoms with Crippen molar-refractivity contribution in [2.45, 2.75) is 6.61 Å². The van der Waals surface area contributed by atoms with Crippen molar-refractivity contribution < 1.29 is 19.0 Å². The van der Waals surface area contributed by atoms with Gasteiger partial charge in [-0.05, 0) is 47.0 Å². The minimum atomic E-state index is -1.26. The largest absolute Gasteiger partial charge is 0.545 e. The number of benzene rings is 3. The molecule has 0 aliphatic rings. The highest BCUT2D eigenvalue weighted by Crippen LogP contribution is 2.29. The first-order valence-electron chi connectivity index (χ1n) is 8.57. The molecule has 0 aliphatic heterocycles. The number of carboxylic acid groups (broad SMARTS) is 1. The predicted octanol–water partition coefficient (Wildman–Crippen LogP) is 4.49. The highest BCUT2D eigenvalue weighted by molar-refractivity contribution is 6.32. The Morgan fingerprint density at radius 1 is 1.14 bits per heavy atom. The van der Waals surface area contributed by atoms with Crippen molar-refractivity contribution in [3.05, 3.63) is 99.8 Å². The van der Waals surface area contributed by atoms with Gasteiger partial charge in [-0.15, -0.1) is 0 Å². The number of carbonyl (C=O) groups excluding carboxylic acids is 1. The maximum absolute atomic E-state index is 13.9. The molecular formula is C23H14ClFNO3-. The second-order valence-corrected chi connectivity index (χ2v) is 6.52. The fourth-order valence-electron chi connectivity index (χ4n) is 2.69. The zero-order chi connectivity index (χ0) is 20.8. The second kappa shape index (κ2) is 9.05. The smallest absolute Gasteiger partial charge is 0.138 e. The first-order chi connectivity index (χ1) is 14.0. The lowest BCUT2D eigenvalue weighted by molar-refractivity contribution is -0.255. The van der Waals surface area contributed by atoms with E-state index in [-0.39, 0.29) is 23.3 Å². The molecule has 0 heterocycles. The monoisotopic (exact) mass is 406 g/mol. The number of hydrogen-bond acceptors (Lipinski definition) is 4. The van der Waals surface area contributed by atoms with Gasteiger partial charge in [0.15, 0.2) is 0 Å². The molecule has 29 heavy (non-hydrogen) atoms. The molecule has 3 aromatic rings. The fraction of sp³-hybridized carbons (Fsp3) is 0.0435. The number of carboxylic acids is 1. The molecule has 0 spiro atoms. The number of aromatic carboxylic acids is 1. The molecule has 144 valence electrons. The maximum atomic E-state index is 13.9. The summed E-state index contributed by atoms with van der Waals surface area (Å²) in [6.45, 7) is 0.120. The SMILES string of the molecule is N#C/C(=C/c1ccc(OCc2cccc(C(=O)[O-])c2)c(Cl)c1)c1ccccc1F. The summed E-state index contributed by atoms with van der Waals surface area (Å²) in [4.78, 5) is 10.9. The van der Waals surface area contributed by atoms with E-state index >= 15 is 0 Å². The Bertz CT molecular complexity index is 1130. The molecule has 0 N–H and O–H groups in total. The summed E-state index contributed by atoms with van der Waals surface area (Å²) in [5.74, 6) is -1.35. The standard InChI is InChI=1S/C23H15ClFNO3/c24-20-12-15(10-18(13-26)19-6-1-2-7-21(19)25)8-9-22(20)29-14-16-4-3-5-17(11-16)23(27)28/h1-12H,14H2,(H,27,28)/p-1/b18-10-. The van der Waals surface area contributed by atoms with Gasteiger partial charge in [-0.2, -0.15) is 5.26 Å². The lowest BCUT2D eigenvalue weighted by atomic mass is 10.0. The van der Waals surface area contributed by atoms with Crippen molar-refractivity contribution in [3.8, 4) is 11.8 Å². The van der Waals surface area contributed by atoms with E-state index in [0.29, 0.717) is 21.9 Å². The first kappa shape index (κ1) is 20.1. The van der Waals surface area contributed by atoms with Crippen molar-refractivity contribution in [1.82, 2.24) is 0 Å². The first-order valence-corrected chi connectivity index (χ1v) is 8.95. The van der Waals surface area contributed by atoms with Crippen molar-refractivity contribution in [2.75, 3.05) is 0 Å². The zero-order valence-electron chi connectivity index (χ0n) is 15.1. The topological polar surface area (TPSA) is 73.1 Å². The predicted molar refractivity (Wildman–Crippen MR) is 106 cm³/mol. The van der Waals surface area contributed by atoms with E-state index in [9.17, 15) is 19.6 Å². The molecule has 0 fully saturated rings. The number of nitriles is 1. The fourth-order valence-corrected chi connectivity index (χ4v) is 2.93. The summed E-state index contributed by atoms with van der Waals surface area (Å²) in [7, 11) is 0. The molecule has 0 aromatic heterocycles. The van der Waals surface area contributed by atoms with Gasteiger partial charge in [-0.1, -0.05) is 54.1 Å². The quantitative estimate of drug-likeness (QED) is 0.446. The summed E-state index contributed by atoms with van der Waals surface area (Å²) in [6.07, 6.45) is 1.54. The highest BCUT2D eigenvalue weighted by Gasteiger charge is 2.08. The molecule has 0 unspecified atom stereocenters. The molecule has 0 saturated heterocycles. The zero-order valence-corrected chi connectivity index (χ0v) is 15.8. The van der Waals surface area contributed by atoms with Crippen molar-refractivity contribution in [1.29, 1.82) is 5.26 Å². The molecule has 0 aliphatic carbocycles. The molecule has 0 bridgehead atoms. The lowest BCUT2D eigenvalue weighted by Crippen LogP contribution is -2.22. The third-order valence-corrected chi connectivity index (χ3v) is 4.40. The van der Waals surface area contributed by atoms with E-state index in [1.165, 1.54) is 30.3 Å². The lowest BCUT2D eigenvalue weighted by Gasteiger charge is -2.10. The molecule has 3 rings (SSSR count). The van der Waals surface area contributed by atoms with Crippen molar-refractivity contribution in [3.63, 3.8) is 0 Å². The Labute approximate surface area is 172 Å². The Kier molecular flexibility index (Phi) is 6.28. The normalized spacial score (nSPS) is 11.0. The third kappa shape index (κ3) is 5.01. The van der Waals surface area contributed by atoms with E-state index < -0.39 is 11.8 Å². The summed E-state index contributed by atoms with van der Waals surface area (Å²) >= 11 is 6.27. The second-order valence-electron chi connectivity index (χ2n) is 6.12. The maximum Gasteiger partial charge on any atom is 0.138 e. The Hall–Kier alpha value is -3.62. The third-order valence-electron chi connectivity index (χ3n) is 4.11. The van der Waals surface area contributed by atoms with E-state index in [2.05, 4.69) is 0 Å². The average molecular weight is 407 g/mol. The van der Waals surface area contributed by atoms with Gasteiger partial charge in [0.05, 0.1) is 22.6 Å². The van der Waals surface area contributed by atoms with Crippen LogP contribution in [0, 0.1) is 17.1 Å². The van der Waals surface area contributed by atoms with Gasteiger partial charge in [-0.25, -0.2) is 4.39 Å². The number of ether oxygens (including phenoxy) is 1. The number of rotatable bonds is 6. The summed E-state index contributed by atoms with van der Waals surface area (Å²) in [5, 5.41) is 20.6. The molecule has 4 nitrogen and oxygen atoms in total. The molecule has 3 aromatic carbocycles. The van der Waals surface area contributed by atoms with E-state index in [1.807, 2.05) is 6.07 Å². The molecule has 0 amide bonds. The average Bonchev–Trinajstić information content (AvgIpc) is 2.72.